The Balaban J connectivity index is 2.35. The van der Waals surface area contributed by atoms with Crippen LogP contribution in [0, 0.1) is 12.7 Å². The molecule has 0 saturated carbocycles. The molecule has 0 unspecified atom stereocenters. The highest BCUT2D eigenvalue weighted by atomic mass is 19.1. The Morgan fingerprint density at radius 2 is 1.86 bits per heavy atom. The highest BCUT2D eigenvalue weighted by Gasteiger charge is 2.17. The van der Waals surface area contributed by atoms with Gasteiger partial charge in [-0.2, -0.15) is 0 Å². The number of allylic oxidation sites excluding steroid dienone is 2. The molecule has 22 heavy (non-hydrogen) atoms. The molecule has 0 radical (unpaired) electrons. The van der Waals surface area contributed by atoms with Gasteiger partial charge in [-0.15, -0.1) is 0 Å². The smallest absolute Gasteiger partial charge is 0.184 e. The number of rotatable bonds is 5. The van der Waals surface area contributed by atoms with Crippen molar-refractivity contribution in [2.45, 2.75) is 33.6 Å². The molecule has 2 rings (SSSR count). The summed E-state index contributed by atoms with van der Waals surface area (Å²) in [6, 6.07) is 13.1. The van der Waals surface area contributed by atoms with Gasteiger partial charge in [0.05, 0.1) is 6.42 Å². The highest BCUT2D eigenvalue weighted by molar-refractivity contribution is 6.21. The maximum Gasteiger partial charge on any atom is 0.184 e. The number of hydrogen-bond acceptors (Lipinski definition) is 0. The van der Waals surface area contributed by atoms with Crippen LogP contribution < -0.4 is 5.41 Å². The van der Waals surface area contributed by atoms with Crippen molar-refractivity contribution in [2.24, 2.45) is 0 Å². The van der Waals surface area contributed by atoms with E-state index in [1.165, 1.54) is 17.2 Å². The van der Waals surface area contributed by atoms with Crippen molar-refractivity contribution in [3.63, 3.8) is 0 Å². The predicted molar refractivity (Wildman–Crippen MR) is 91.2 cm³/mol. The average Bonchev–Trinajstić information content (AvgIpc) is 2.50. The molecule has 2 aromatic carbocycles. The molecule has 1 nitrogen and oxygen atoms in total. The number of benzene rings is 2. The zero-order valence-corrected chi connectivity index (χ0v) is 13.5. The summed E-state index contributed by atoms with van der Waals surface area (Å²) in [6.07, 6.45) is 3.50. The Bertz CT molecular complexity index is 713. The first-order chi connectivity index (χ1) is 10.6. The van der Waals surface area contributed by atoms with E-state index in [2.05, 4.69) is 26.0 Å². The molecule has 0 aliphatic heterocycles. The molecule has 114 valence electrons. The fourth-order valence-corrected chi connectivity index (χ4v) is 2.73. The molecule has 0 heterocycles. The summed E-state index contributed by atoms with van der Waals surface area (Å²) in [7, 11) is 0. The second-order valence-electron chi connectivity index (χ2n) is 5.49. The van der Waals surface area contributed by atoms with Crippen LogP contribution in [0.3, 0.4) is 0 Å². The molecular formula is C20H23FN+. The SMILES string of the molecule is C/C=C(/C(=[NH2+])Cc1ccccc1C)c1cc(F)ccc1CC. The van der Waals surface area contributed by atoms with E-state index in [1.54, 1.807) is 6.07 Å². The van der Waals surface area contributed by atoms with Gasteiger partial charge in [0.25, 0.3) is 0 Å². The number of hydrogen-bond donors (Lipinski definition) is 1. The average molecular weight is 296 g/mol. The summed E-state index contributed by atoms with van der Waals surface area (Å²) in [5, 5.41) is 6.36. The Labute approximate surface area is 132 Å². The van der Waals surface area contributed by atoms with Gasteiger partial charge in [-0.3, -0.25) is 5.41 Å². The van der Waals surface area contributed by atoms with E-state index < -0.39 is 0 Å². The van der Waals surface area contributed by atoms with Crippen molar-refractivity contribution in [1.82, 2.24) is 0 Å². The van der Waals surface area contributed by atoms with Gasteiger partial charge in [-0.25, -0.2) is 4.39 Å². The standard InChI is InChI=1S/C20H22FN/c1-4-15-10-11-17(21)13-19(15)18(5-2)20(22)12-16-9-7-6-8-14(16)3/h5-11,13,22H,4,12H2,1-3H3/p+1/b18-5+,22-20?. The van der Waals surface area contributed by atoms with Crippen molar-refractivity contribution in [3.8, 4) is 0 Å². The van der Waals surface area contributed by atoms with Crippen LogP contribution >= 0.6 is 0 Å². The van der Waals surface area contributed by atoms with Crippen LogP contribution in [0.1, 0.15) is 36.1 Å². The van der Waals surface area contributed by atoms with Crippen molar-refractivity contribution < 1.29 is 9.80 Å². The minimum absolute atomic E-state index is 0.227. The monoisotopic (exact) mass is 296 g/mol. The summed E-state index contributed by atoms with van der Waals surface area (Å²) < 4.78 is 13.7. The molecule has 2 N–H and O–H groups in total. The molecule has 2 heteroatoms. The second kappa shape index (κ2) is 7.17. The van der Waals surface area contributed by atoms with Gasteiger partial charge < -0.3 is 0 Å². The first kappa shape index (κ1) is 16.2. The van der Waals surface area contributed by atoms with Crippen LogP contribution in [0.15, 0.2) is 48.5 Å². The second-order valence-corrected chi connectivity index (χ2v) is 5.49. The molecule has 0 aromatic heterocycles. The van der Waals surface area contributed by atoms with Gasteiger partial charge >= 0.3 is 0 Å². The van der Waals surface area contributed by atoms with Crippen LogP contribution in [0.5, 0.6) is 0 Å². The third kappa shape index (κ3) is 3.51. The molecule has 0 spiro atoms. The molecular weight excluding hydrogens is 273 g/mol. The van der Waals surface area contributed by atoms with Crippen molar-refractivity contribution in [2.75, 3.05) is 0 Å². The number of halogens is 1. The largest absolute Gasteiger partial charge is 0.257 e. The van der Waals surface area contributed by atoms with Crippen LogP contribution in [-0.2, 0) is 12.8 Å². The molecule has 0 bridgehead atoms. The molecule has 0 aliphatic carbocycles. The van der Waals surface area contributed by atoms with Gasteiger partial charge in [0.1, 0.15) is 5.82 Å². The van der Waals surface area contributed by atoms with E-state index in [0.29, 0.717) is 6.42 Å². The lowest BCUT2D eigenvalue weighted by Crippen LogP contribution is -2.42. The van der Waals surface area contributed by atoms with E-state index in [-0.39, 0.29) is 5.82 Å². The molecule has 0 aliphatic rings. The van der Waals surface area contributed by atoms with Crippen molar-refractivity contribution in [3.05, 3.63) is 76.6 Å². The maximum atomic E-state index is 13.7. The zero-order chi connectivity index (χ0) is 16.1. The quantitative estimate of drug-likeness (QED) is 0.817. The first-order valence-corrected chi connectivity index (χ1v) is 7.68. The summed E-state index contributed by atoms with van der Waals surface area (Å²) in [4.78, 5) is 0. The van der Waals surface area contributed by atoms with Gasteiger partial charge in [-0.05, 0) is 54.7 Å². The lowest BCUT2D eigenvalue weighted by atomic mass is 9.91. The Morgan fingerprint density at radius 1 is 1.14 bits per heavy atom. The van der Waals surface area contributed by atoms with E-state index in [4.69, 9.17) is 5.41 Å². The van der Waals surface area contributed by atoms with Crippen molar-refractivity contribution >= 4 is 11.3 Å². The third-order valence-electron chi connectivity index (χ3n) is 4.02. The number of aryl methyl sites for hydroxylation is 2. The Morgan fingerprint density at radius 3 is 2.50 bits per heavy atom. The van der Waals surface area contributed by atoms with Crippen molar-refractivity contribution in [1.29, 1.82) is 0 Å². The van der Waals surface area contributed by atoms with Gasteiger partial charge in [0, 0.05) is 5.57 Å². The van der Waals surface area contributed by atoms with E-state index in [1.807, 2.05) is 31.2 Å². The zero-order valence-electron chi connectivity index (χ0n) is 13.5. The molecule has 0 fully saturated rings. The fraction of sp³-hybridized carbons (Fsp3) is 0.250. The van der Waals surface area contributed by atoms with E-state index in [0.717, 1.165) is 28.8 Å². The number of nitrogens with two attached hydrogens (primary N) is 1. The Hall–Kier alpha value is -2.22. The summed E-state index contributed by atoms with van der Waals surface area (Å²) in [5.74, 6) is -0.227. The Kier molecular flexibility index (Phi) is 5.26. The minimum Gasteiger partial charge on any atom is -0.257 e. The van der Waals surface area contributed by atoms with Crippen LogP contribution in [0.25, 0.3) is 5.57 Å². The summed E-state index contributed by atoms with van der Waals surface area (Å²) >= 11 is 0. The van der Waals surface area contributed by atoms with Gasteiger partial charge in [0.15, 0.2) is 5.71 Å². The molecule has 0 atom stereocenters. The minimum atomic E-state index is -0.227. The fourth-order valence-electron chi connectivity index (χ4n) is 2.73. The van der Waals surface area contributed by atoms with Gasteiger partial charge in [0.2, 0.25) is 0 Å². The third-order valence-corrected chi connectivity index (χ3v) is 4.02. The van der Waals surface area contributed by atoms with Crippen LogP contribution in [0.2, 0.25) is 0 Å². The maximum absolute atomic E-state index is 13.7. The summed E-state index contributed by atoms with van der Waals surface area (Å²) in [5.41, 5.74) is 6.14. The van der Waals surface area contributed by atoms with Gasteiger partial charge in [-0.1, -0.05) is 43.3 Å². The van der Waals surface area contributed by atoms with Crippen LogP contribution in [0.4, 0.5) is 4.39 Å². The van der Waals surface area contributed by atoms with Crippen LogP contribution in [-0.4, -0.2) is 5.71 Å². The van der Waals surface area contributed by atoms with E-state index in [9.17, 15) is 4.39 Å². The van der Waals surface area contributed by atoms with E-state index >= 15 is 0 Å². The topological polar surface area (TPSA) is 25.6 Å². The summed E-state index contributed by atoms with van der Waals surface area (Å²) in [6.45, 7) is 6.10. The molecule has 0 saturated heterocycles. The molecule has 0 amide bonds. The molecule has 2 aromatic rings. The normalized spacial score (nSPS) is 11.5. The first-order valence-electron chi connectivity index (χ1n) is 7.68. The predicted octanol–water partition coefficient (Wildman–Crippen LogP) is 3.54. The lowest BCUT2D eigenvalue weighted by molar-refractivity contribution is -0.113. The highest BCUT2D eigenvalue weighted by Crippen LogP contribution is 2.23. The lowest BCUT2D eigenvalue weighted by Gasteiger charge is -2.11.